The zero-order valence-corrected chi connectivity index (χ0v) is 13.6. The minimum absolute atomic E-state index is 0.358. The van der Waals surface area contributed by atoms with Crippen molar-refractivity contribution in [2.24, 2.45) is 0 Å². The normalized spacial score (nSPS) is 15.8. The van der Waals surface area contributed by atoms with Crippen LogP contribution in [0.1, 0.15) is 15.2 Å². The molecule has 1 saturated heterocycles. The highest BCUT2D eigenvalue weighted by atomic mass is 32.2. The molecule has 7 heteroatoms. The monoisotopic (exact) mass is 345 g/mol. The summed E-state index contributed by atoms with van der Waals surface area (Å²) in [6.07, 6.45) is 1.68. The molecule has 23 heavy (non-hydrogen) atoms. The third kappa shape index (κ3) is 3.35. The smallest absolute Gasteiger partial charge is 0.337 e. The highest BCUT2D eigenvalue weighted by molar-refractivity contribution is 8.18. The summed E-state index contributed by atoms with van der Waals surface area (Å²) in [6.45, 7) is 0. The van der Waals surface area contributed by atoms with Crippen LogP contribution in [-0.2, 0) is 9.53 Å². The van der Waals surface area contributed by atoms with Crippen molar-refractivity contribution in [2.75, 3.05) is 7.11 Å². The van der Waals surface area contributed by atoms with Crippen LogP contribution in [-0.4, -0.2) is 24.2 Å². The van der Waals surface area contributed by atoms with Gasteiger partial charge in [0.1, 0.15) is 0 Å². The van der Waals surface area contributed by atoms with Gasteiger partial charge in [0.25, 0.3) is 11.1 Å². The van der Waals surface area contributed by atoms with E-state index in [0.29, 0.717) is 10.5 Å². The highest BCUT2D eigenvalue weighted by Gasteiger charge is 2.25. The van der Waals surface area contributed by atoms with E-state index in [1.54, 1.807) is 24.3 Å². The summed E-state index contributed by atoms with van der Waals surface area (Å²) in [6, 6.07) is 10.9. The van der Waals surface area contributed by atoms with Crippen molar-refractivity contribution >= 4 is 46.3 Å². The summed E-state index contributed by atoms with van der Waals surface area (Å²) in [5.74, 6) is -0.758. The Morgan fingerprint density at radius 2 is 2.04 bits per heavy atom. The first-order chi connectivity index (χ1) is 11.1. The zero-order valence-electron chi connectivity index (χ0n) is 12.0. The lowest BCUT2D eigenvalue weighted by Crippen LogP contribution is -2.17. The quantitative estimate of drug-likeness (QED) is 0.680. The Balaban J connectivity index is 1.88. The van der Waals surface area contributed by atoms with E-state index in [2.05, 4.69) is 5.32 Å². The number of benzene rings is 1. The minimum atomic E-state index is -0.386. The van der Waals surface area contributed by atoms with E-state index in [1.165, 1.54) is 18.4 Å². The second-order valence-electron chi connectivity index (χ2n) is 4.63. The van der Waals surface area contributed by atoms with E-state index in [1.807, 2.05) is 18.2 Å². The van der Waals surface area contributed by atoms with Crippen LogP contribution in [0.5, 0.6) is 0 Å². The molecule has 2 heterocycles. The lowest BCUT2D eigenvalue weighted by Gasteiger charge is -2.01. The number of nitrogens with one attached hydrogen (secondary N) is 1. The molecule has 2 amide bonds. The molecule has 1 aliphatic rings. The van der Waals surface area contributed by atoms with Gasteiger partial charge in [-0.2, -0.15) is 0 Å². The lowest BCUT2D eigenvalue weighted by atomic mass is 10.1. The predicted molar refractivity (Wildman–Crippen MR) is 90.2 cm³/mol. The SMILES string of the molecule is COC(=O)c1cccc(-c2ccc(C=C3SC(=O)NC3=O)s2)c1. The summed E-state index contributed by atoms with van der Waals surface area (Å²) < 4.78 is 4.72. The van der Waals surface area contributed by atoms with Gasteiger partial charge in [0.15, 0.2) is 0 Å². The molecule has 116 valence electrons. The number of amides is 2. The third-order valence-corrected chi connectivity index (χ3v) is 5.00. The Hall–Kier alpha value is -2.38. The number of esters is 1. The van der Waals surface area contributed by atoms with Crippen LogP contribution >= 0.6 is 23.1 Å². The molecular weight excluding hydrogens is 334 g/mol. The minimum Gasteiger partial charge on any atom is -0.465 e. The molecule has 2 aromatic rings. The fourth-order valence-corrected chi connectivity index (χ4v) is 3.75. The van der Waals surface area contributed by atoms with E-state index in [9.17, 15) is 14.4 Å². The number of imide groups is 1. The second-order valence-corrected chi connectivity index (χ2v) is 6.76. The van der Waals surface area contributed by atoms with Crippen LogP contribution in [0.25, 0.3) is 16.5 Å². The molecule has 0 radical (unpaired) electrons. The highest BCUT2D eigenvalue weighted by Crippen LogP contribution is 2.32. The maximum Gasteiger partial charge on any atom is 0.337 e. The van der Waals surface area contributed by atoms with Crippen LogP contribution in [0.2, 0.25) is 0 Å². The van der Waals surface area contributed by atoms with Crippen LogP contribution in [0.3, 0.4) is 0 Å². The Bertz CT molecular complexity index is 838. The summed E-state index contributed by atoms with van der Waals surface area (Å²) in [5.41, 5.74) is 1.37. The van der Waals surface area contributed by atoms with E-state index in [-0.39, 0.29) is 17.1 Å². The average Bonchev–Trinajstić information content (AvgIpc) is 3.14. The van der Waals surface area contributed by atoms with Gasteiger partial charge in [-0.1, -0.05) is 12.1 Å². The van der Waals surface area contributed by atoms with Crippen LogP contribution in [0.15, 0.2) is 41.3 Å². The van der Waals surface area contributed by atoms with Gasteiger partial charge < -0.3 is 4.74 Å². The Morgan fingerprint density at radius 1 is 1.22 bits per heavy atom. The molecule has 0 atom stereocenters. The number of carbonyl (C=O) groups is 3. The van der Waals surface area contributed by atoms with Crippen molar-refractivity contribution < 1.29 is 19.1 Å². The van der Waals surface area contributed by atoms with E-state index >= 15 is 0 Å². The molecule has 0 unspecified atom stereocenters. The first-order valence-corrected chi connectivity index (χ1v) is 8.23. The largest absolute Gasteiger partial charge is 0.465 e. The van der Waals surface area contributed by atoms with Crippen molar-refractivity contribution in [2.45, 2.75) is 0 Å². The molecule has 1 aromatic heterocycles. The van der Waals surface area contributed by atoms with Gasteiger partial charge in [-0.3, -0.25) is 14.9 Å². The van der Waals surface area contributed by atoms with Crippen molar-refractivity contribution in [3.8, 4) is 10.4 Å². The molecule has 0 aliphatic carbocycles. The van der Waals surface area contributed by atoms with Gasteiger partial charge in [-0.25, -0.2) is 4.79 Å². The predicted octanol–water partition coefficient (Wildman–Crippen LogP) is 3.53. The molecule has 1 N–H and O–H groups in total. The lowest BCUT2D eigenvalue weighted by molar-refractivity contribution is -0.115. The summed E-state index contributed by atoms with van der Waals surface area (Å²) in [7, 11) is 1.34. The van der Waals surface area contributed by atoms with Crippen molar-refractivity contribution in [1.82, 2.24) is 5.32 Å². The van der Waals surface area contributed by atoms with Gasteiger partial charge >= 0.3 is 5.97 Å². The summed E-state index contributed by atoms with van der Waals surface area (Å²) >= 11 is 2.36. The molecule has 0 bridgehead atoms. The van der Waals surface area contributed by atoms with Gasteiger partial charge in [-0.05, 0) is 47.7 Å². The number of methoxy groups -OCH3 is 1. The number of thioether (sulfide) groups is 1. The molecule has 5 nitrogen and oxygen atoms in total. The van der Waals surface area contributed by atoms with E-state index < -0.39 is 0 Å². The average molecular weight is 345 g/mol. The Kier molecular flexibility index (Phi) is 4.31. The standard InChI is InChI=1S/C16H11NO4S2/c1-21-15(19)10-4-2-3-9(7-10)12-6-5-11(22-12)8-13-14(18)17-16(20)23-13/h2-8H,1H3,(H,17,18,20). The van der Waals surface area contributed by atoms with Crippen LogP contribution in [0.4, 0.5) is 4.79 Å². The van der Waals surface area contributed by atoms with Crippen LogP contribution in [0, 0.1) is 0 Å². The Labute approximate surface area is 140 Å². The number of hydrogen-bond acceptors (Lipinski definition) is 6. The van der Waals surface area contributed by atoms with Crippen molar-refractivity contribution in [1.29, 1.82) is 0 Å². The van der Waals surface area contributed by atoms with Gasteiger partial charge in [0, 0.05) is 9.75 Å². The summed E-state index contributed by atoms with van der Waals surface area (Å²) in [4.78, 5) is 36.5. The van der Waals surface area contributed by atoms with E-state index in [0.717, 1.165) is 27.1 Å². The van der Waals surface area contributed by atoms with Crippen LogP contribution < -0.4 is 5.32 Å². The number of carbonyl (C=O) groups excluding carboxylic acids is 3. The summed E-state index contributed by atoms with van der Waals surface area (Å²) in [5, 5.41) is 1.86. The zero-order chi connectivity index (χ0) is 16.4. The third-order valence-electron chi connectivity index (χ3n) is 3.11. The number of thiophene rings is 1. The first-order valence-electron chi connectivity index (χ1n) is 6.60. The topological polar surface area (TPSA) is 72.5 Å². The number of hydrogen-bond donors (Lipinski definition) is 1. The molecule has 1 aromatic carbocycles. The van der Waals surface area contributed by atoms with Gasteiger partial charge in [0.05, 0.1) is 17.6 Å². The van der Waals surface area contributed by atoms with Gasteiger partial charge in [-0.15, -0.1) is 11.3 Å². The second kappa shape index (κ2) is 6.39. The molecule has 3 rings (SSSR count). The fraction of sp³-hybridized carbons (Fsp3) is 0.0625. The maximum atomic E-state index is 11.6. The molecular formula is C16H11NO4S2. The maximum absolute atomic E-state index is 11.6. The fourth-order valence-electron chi connectivity index (χ4n) is 2.05. The van der Waals surface area contributed by atoms with Crippen molar-refractivity contribution in [3.05, 3.63) is 51.7 Å². The van der Waals surface area contributed by atoms with E-state index in [4.69, 9.17) is 4.74 Å². The molecule has 1 fully saturated rings. The first kappa shape index (κ1) is 15.5. The Morgan fingerprint density at radius 3 is 2.74 bits per heavy atom. The molecule has 0 saturated carbocycles. The number of rotatable bonds is 3. The molecule has 0 spiro atoms. The number of ether oxygens (including phenoxy) is 1. The molecule has 1 aliphatic heterocycles. The van der Waals surface area contributed by atoms with Crippen molar-refractivity contribution in [3.63, 3.8) is 0 Å². The van der Waals surface area contributed by atoms with Gasteiger partial charge in [0.2, 0.25) is 0 Å².